The van der Waals surface area contributed by atoms with Gasteiger partial charge in [0.15, 0.2) is 0 Å². The Labute approximate surface area is 163 Å². The highest BCUT2D eigenvalue weighted by Crippen LogP contribution is 2.16. The number of hydrogen-bond donors (Lipinski definition) is 2. The molecule has 3 rings (SSSR count). The van der Waals surface area contributed by atoms with E-state index in [4.69, 9.17) is 11.6 Å². The van der Waals surface area contributed by atoms with Gasteiger partial charge in [-0.2, -0.15) is 0 Å². The van der Waals surface area contributed by atoms with Crippen molar-refractivity contribution in [2.45, 2.75) is 13.5 Å². The molecule has 0 aromatic heterocycles. The van der Waals surface area contributed by atoms with Crippen molar-refractivity contribution in [2.24, 2.45) is 0 Å². The van der Waals surface area contributed by atoms with Crippen LogP contribution in [0.15, 0.2) is 72.8 Å². The fraction of sp³-hybridized carbons (Fsp3) is 0.0909. The maximum absolute atomic E-state index is 12.4. The van der Waals surface area contributed by atoms with Gasteiger partial charge in [0.2, 0.25) is 0 Å². The number of aryl methyl sites for hydroxylation is 1. The highest BCUT2D eigenvalue weighted by molar-refractivity contribution is 6.31. The molecule has 27 heavy (non-hydrogen) atoms. The molecule has 0 fully saturated rings. The van der Waals surface area contributed by atoms with Gasteiger partial charge in [-0.25, -0.2) is 0 Å². The van der Waals surface area contributed by atoms with Gasteiger partial charge in [-0.3, -0.25) is 9.59 Å². The number of halogens is 1. The van der Waals surface area contributed by atoms with Gasteiger partial charge in [-0.15, -0.1) is 0 Å². The highest BCUT2D eigenvalue weighted by atomic mass is 35.5. The summed E-state index contributed by atoms with van der Waals surface area (Å²) >= 11 is 5.93. The molecule has 0 unspecified atom stereocenters. The number of carbonyl (C=O) groups excluding carboxylic acids is 2. The minimum atomic E-state index is -0.300. The summed E-state index contributed by atoms with van der Waals surface area (Å²) in [5.41, 5.74) is 3.61. The van der Waals surface area contributed by atoms with Crippen LogP contribution in [0.1, 0.15) is 31.8 Å². The van der Waals surface area contributed by atoms with Crippen molar-refractivity contribution in [3.05, 3.63) is 100 Å². The first kappa shape index (κ1) is 18.7. The zero-order chi connectivity index (χ0) is 19.2. The molecular formula is C22H19ClN2O2. The highest BCUT2D eigenvalue weighted by Gasteiger charge is 2.11. The van der Waals surface area contributed by atoms with Crippen molar-refractivity contribution in [2.75, 3.05) is 5.32 Å². The van der Waals surface area contributed by atoms with Crippen molar-refractivity contribution in [3.8, 4) is 0 Å². The second-order valence-electron chi connectivity index (χ2n) is 6.15. The normalized spacial score (nSPS) is 10.3. The standard InChI is InChI=1S/C22H19ClN2O2/c1-15-6-2-3-7-18(15)14-24-21(26)16-8-4-9-17(12-16)22(27)25-20-11-5-10-19(23)13-20/h2-13H,14H2,1H3,(H,24,26)(H,25,27). The molecule has 0 bridgehead atoms. The van der Waals surface area contributed by atoms with E-state index in [0.29, 0.717) is 28.4 Å². The molecule has 0 aliphatic rings. The Kier molecular flexibility index (Phi) is 5.89. The lowest BCUT2D eigenvalue weighted by atomic mass is 10.1. The van der Waals surface area contributed by atoms with Crippen LogP contribution in [0.2, 0.25) is 5.02 Å². The van der Waals surface area contributed by atoms with Crippen molar-refractivity contribution < 1.29 is 9.59 Å². The number of nitrogens with one attached hydrogen (secondary N) is 2. The summed E-state index contributed by atoms with van der Waals surface area (Å²) in [5.74, 6) is -0.526. The monoisotopic (exact) mass is 378 g/mol. The number of benzene rings is 3. The van der Waals surface area contributed by atoms with Crippen LogP contribution >= 0.6 is 11.6 Å². The number of carbonyl (C=O) groups is 2. The Hall–Kier alpha value is -3.11. The number of amides is 2. The largest absolute Gasteiger partial charge is 0.348 e. The molecule has 5 heteroatoms. The van der Waals surface area contributed by atoms with E-state index in [9.17, 15) is 9.59 Å². The number of anilines is 1. The van der Waals surface area contributed by atoms with E-state index in [-0.39, 0.29) is 11.8 Å². The molecule has 0 aliphatic heterocycles. The van der Waals surface area contributed by atoms with Crippen molar-refractivity contribution in [1.82, 2.24) is 5.32 Å². The minimum absolute atomic E-state index is 0.226. The average Bonchev–Trinajstić information content (AvgIpc) is 2.67. The average molecular weight is 379 g/mol. The lowest BCUT2D eigenvalue weighted by Crippen LogP contribution is -2.23. The van der Waals surface area contributed by atoms with Crippen LogP contribution in [-0.2, 0) is 6.54 Å². The molecule has 2 N–H and O–H groups in total. The predicted molar refractivity (Wildman–Crippen MR) is 108 cm³/mol. The number of rotatable bonds is 5. The van der Waals surface area contributed by atoms with Gasteiger partial charge >= 0.3 is 0 Å². The summed E-state index contributed by atoms with van der Waals surface area (Å²) in [5, 5.41) is 6.21. The Morgan fingerprint density at radius 1 is 0.852 bits per heavy atom. The summed E-state index contributed by atoms with van der Waals surface area (Å²) in [6.45, 7) is 2.44. The van der Waals surface area contributed by atoms with Gasteiger partial charge < -0.3 is 10.6 Å². The van der Waals surface area contributed by atoms with E-state index in [1.165, 1.54) is 0 Å². The van der Waals surface area contributed by atoms with E-state index in [0.717, 1.165) is 11.1 Å². The summed E-state index contributed by atoms with van der Waals surface area (Å²) in [6, 6.07) is 21.4. The smallest absolute Gasteiger partial charge is 0.255 e. The fourth-order valence-electron chi connectivity index (χ4n) is 2.66. The first-order chi connectivity index (χ1) is 13.0. The third-order valence-electron chi connectivity index (χ3n) is 4.17. The van der Waals surface area contributed by atoms with Crippen LogP contribution in [0.5, 0.6) is 0 Å². The van der Waals surface area contributed by atoms with Crippen LogP contribution in [0.4, 0.5) is 5.69 Å². The number of hydrogen-bond acceptors (Lipinski definition) is 2. The van der Waals surface area contributed by atoms with E-state index in [1.807, 2.05) is 31.2 Å². The third kappa shape index (κ3) is 4.96. The molecule has 0 saturated carbocycles. The second-order valence-corrected chi connectivity index (χ2v) is 6.59. The van der Waals surface area contributed by atoms with Crippen molar-refractivity contribution >= 4 is 29.1 Å². The van der Waals surface area contributed by atoms with Gasteiger partial charge in [0.1, 0.15) is 0 Å². The van der Waals surface area contributed by atoms with Crippen LogP contribution in [0, 0.1) is 6.92 Å². The van der Waals surface area contributed by atoms with Crippen molar-refractivity contribution in [3.63, 3.8) is 0 Å². The Morgan fingerprint density at radius 3 is 2.30 bits per heavy atom. The zero-order valence-electron chi connectivity index (χ0n) is 14.8. The van der Waals surface area contributed by atoms with Crippen LogP contribution in [-0.4, -0.2) is 11.8 Å². The fourth-order valence-corrected chi connectivity index (χ4v) is 2.85. The molecule has 2 amide bonds. The molecule has 0 saturated heterocycles. The Bertz CT molecular complexity index is 985. The van der Waals surface area contributed by atoms with Crippen molar-refractivity contribution in [1.29, 1.82) is 0 Å². The van der Waals surface area contributed by atoms with Crippen LogP contribution in [0.3, 0.4) is 0 Å². The SMILES string of the molecule is Cc1ccccc1CNC(=O)c1cccc(C(=O)Nc2cccc(Cl)c2)c1. The summed E-state index contributed by atoms with van der Waals surface area (Å²) in [6.07, 6.45) is 0. The minimum Gasteiger partial charge on any atom is -0.348 e. The lowest BCUT2D eigenvalue weighted by Gasteiger charge is -2.09. The van der Waals surface area contributed by atoms with Gasteiger partial charge in [0, 0.05) is 28.4 Å². The van der Waals surface area contributed by atoms with E-state index in [2.05, 4.69) is 10.6 Å². The Morgan fingerprint density at radius 2 is 1.56 bits per heavy atom. The molecule has 4 nitrogen and oxygen atoms in total. The summed E-state index contributed by atoms with van der Waals surface area (Å²) in [4.78, 5) is 24.9. The molecule has 3 aromatic rings. The van der Waals surface area contributed by atoms with Gasteiger partial charge in [0.25, 0.3) is 11.8 Å². The van der Waals surface area contributed by atoms with E-state index >= 15 is 0 Å². The maximum Gasteiger partial charge on any atom is 0.255 e. The molecular weight excluding hydrogens is 360 g/mol. The van der Waals surface area contributed by atoms with Gasteiger partial charge in [0.05, 0.1) is 0 Å². The molecule has 136 valence electrons. The molecule has 0 spiro atoms. The van der Waals surface area contributed by atoms with Crippen LogP contribution < -0.4 is 10.6 Å². The van der Waals surface area contributed by atoms with Gasteiger partial charge in [-0.1, -0.05) is 48.0 Å². The van der Waals surface area contributed by atoms with Gasteiger partial charge in [-0.05, 0) is 54.4 Å². The first-order valence-corrected chi connectivity index (χ1v) is 8.90. The summed E-state index contributed by atoms with van der Waals surface area (Å²) < 4.78 is 0. The third-order valence-corrected chi connectivity index (χ3v) is 4.41. The lowest BCUT2D eigenvalue weighted by molar-refractivity contribution is 0.0951. The quantitative estimate of drug-likeness (QED) is 0.668. The second kappa shape index (κ2) is 8.52. The van der Waals surface area contributed by atoms with E-state index < -0.39 is 0 Å². The predicted octanol–water partition coefficient (Wildman–Crippen LogP) is 4.83. The Balaban J connectivity index is 1.68. The zero-order valence-corrected chi connectivity index (χ0v) is 15.6. The molecule has 0 aliphatic carbocycles. The molecule has 3 aromatic carbocycles. The maximum atomic E-state index is 12.4. The van der Waals surface area contributed by atoms with Crippen LogP contribution in [0.25, 0.3) is 0 Å². The molecule has 0 radical (unpaired) electrons. The molecule has 0 atom stereocenters. The first-order valence-electron chi connectivity index (χ1n) is 8.52. The summed E-state index contributed by atoms with van der Waals surface area (Å²) in [7, 11) is 0. The molecule has 0 heterocycles. The van der Waals surface area contributed by atoms with E-state index in [1.54, 1.807) is 48.5 Å². The topological polar surface area (TPSA) is 58.2 Å².